The second kappa shape index (κ2) is 9.68. The van der Waals surface area contributed by atoms with Crippen LogP contribution in [0.2, 0.25) is 0 Å². The Morgan fingerprint density at radius 2 is 1.82 bits per heavy atom. The van der Waals surface area contributed by atoms with E-state index in [0.29, 0.717) is 17.5 Å². The first-order valence-electron chi connectivity index (χ1n) is 12.4. The van der Waals surface area contributed by atoms with E-state index in [0.717, 1.165) is 48.6 Å². The van der Waals surface area contributed by atoms with Crippen LogP contribution in [0.5, 0.6) is 0 Å². The van der Waals surface area contributed by atoms with E-state index in [1.807, 2.05) is 16.7 Å². The molecule has 2 fully saturated rings. The lowest BCUT2D eigenvalue weighted by Gasteiger charge is -2.30. The molecule has 1 amide bonds. The van der Waals surface area contributed by atoms with Gasteiger partial charge >= 0.3 is 0 Å². The zero-order valence-electron chi connectivity index (χ0n) is 19.8. The van der Waals surface area contributed by atoms with Crippen molar-refractivity contribution in [2.24, 2.45) is 11.8 Å². The summed E-state index contributed by atoms with van der Waals surface area (Å²) in [5, 5.41) is 8.08. The van der Waals surface area contributed by atoms with Gasteiger partial charge < -0.3 is 14.6 Å². The first-order chi connectivity index (χ1) is 16.4. The SMILES string of the molecule is CC(C)C1CCC(n2cc(NC(=O)c3ccc4sc(N5CCCCC5)cn34)c(C(F)F)n2)CC1. The van der Waals surface area contributed by atoms with Crippen LogP contribution in [0.15, 0.2) is 24.5 Å². The molecule has 184 valence electrons. The summed E-state index contributed by atoms with van der Waals surface area (Å²) in [5.74, 6) is 0.919. The minimum atomic E-state index is -2.75. The summed E-state index contributed by atoms with van der Waals surface area (Å²) in [7, 11) is 0. The average molecular weight is 490 g/mol. The smallest absolute Gasteiger partial charge is 0.284 e. The van der Waals surface area contributed by atoms with Crippen LogP contribution in [0.1, 0.15) is 87.4 Å². The number of halogens is 2. The summed E-state index contributed by atoms with van der Waals surface area (Å²) in [6, 6.07) is 3.76. The summed E-state index contributed by atoms with van der Waals surface area (Å²) >= 11 is 1.65. The molecule has 0 radical (unpaired) electrons. The molecular weight excluding hydrogens is 456 g/mol. The van der Waals surface area contributed by atoms with E-state index >= 15 is 0 Å². The highest BCUT2D eigenvalue weighted by atomic mass is 32.1. The Balaban J connectivity index is 1.34. The third kappa shape index (κ3) is 4.59. The Labute approximate surface area is 202 Å². The Hall–Kier alpha value is -2.42. The number of anilines is 2. The van der Waals surface area contributed by atoms with E-state index in [-0.39, 0.29) is 17.4 Å². The highest BCUT2D eigenvalue weighted by molar-refractivity contribution is 7.21. The molecule has 9 heteroatoms. The fourth-order valence-corrected chi connectivity index (χ4v) is 6.47. The molecule has 34 heavy (non-hydrogen) atoms. The van der Waals surface area contributed by atoms with Gasteiger partial charge in [0.05, 0.1) is 11.7 Å². The number of hydrogen-bond acceptors (Lipinski definition) is 4. The van der Waals surface area contributed by atoms with Gasteiger partial charge in [-0.1, -0.05) is 25.2 Å². The van der Waals surface area contributed by atoms with Gasteiger partial charge in [-0.25, -0.2) is 8.78 Å². The molecule has 0 atom stereocenters. The summed E-state index contributed by atoms with van der Waals surface area (Å²) in [6.07, 6.45) is 8.46. The fraction of sp³-hybridized carbons (Fsp3) is 0.600. The number of amides is 1. The van der Waals surface area contributed by atoms with Crippen LogP contribution in [0.3, 0.4) is 0 Å². The maximum atomic E-state index is 13.8. The number of fused-ring (bicyclic) bond motifs is 1. The van der Waals surface area contributed by atoms with Crippen LogP contribution >= 0.6 is 11.3 Å². The monoisotopic (exact) mass is 489 g/mol. The van der Waals surface area contributed by atoms with Crippen molar-refractivity contribution in [3.63, 3.8) is 0 Å². The zero-order valence-corrected chi connectivity index (χ0v) is 20.7. The molecule has 1 saturated heterocycles. The van der Waals surface area contributed by atoms with Gasteiger partial charge in [0.2, 0.25) is 0 Å². The van der Waals surface area contributed by atoms with E-state index in [2.05, 4.69) is 29.2 Å². The quantitative estimate of drug-likeness (QED) is 0.416. The second-order valence-electron chi connectivity index (χ2n) is 10.0. The van der Waals surface area contributed by atoms with Gasteiger partial charge in [0.15, 0.2) is 5.69 Å². The van der Waals surface area contributed by atoms with Gasteiger partial charge in [-0.2, -0.15) is 5.10 Å². The van der Waals surface area contributed by atoms with E-state index < -0.39 is 12.3 Å². The number of nitrogens with zero attached hydrogens (tertiary/aromatic N) is 4. The Kier molecular flexibility index (Phi) is 6.64. The number of alkyl halides is 2. The average Bonchev–Trinajstić information content (AvgIpc) is 3.54. The van der Waals surface area contributed by atoms with Crippen molar-refractivity contribution in [1.29, 1.82) is 0 Å². The van der Waals surface area contributed by atoms with Crippen molar-refractivity contribution >= 4 is 32.8 Å². The lowest BCUT2D eigenvalue weighted by atomic mass is 9.80. The Morgan fingerprint density at radius 3 is 2.50 bits per heavy atom. The molecular formula is C25H33F2N5OS. The van der Waals surface area contributed by atoms with Crippen molar-refractivity contribution < 1.29 is 13.6 Å². The topological polar surface area (TPSA) is 54.6 Å². The number of carbonyl (C=O) groups is 1. The Bertz CT molecular complexity index is 1140. The van der Waals surface area contributed by atoms with Crippen LogP contribution in [0.4, 0.5) is 19.5 Å². The van der Waals surface area contributed by atoms with Crippen LogP contribution in [-0.2, 0) is 0 Å². The maximum Gasteiger partial charge on any atom is 0.284 e. The fourth-order valence-electron chi connectivity index (χ4n) is 5.40. The standard InChI is InChI=1S/C25H33F2N5OS/c1-16(2)17-6-8-18(9-7-17)32-14-19(23(29-32)24(26)27)28-25(33)20-10-11-21-31(20)15-22(34-21)30-12-4-3-5-13-30/h10-11,14-18,24H,3-9,12-13H2,1-2H3,(H,28,33). The lowest BCUT2D eigenvalue weighted by Crippen LogP contribution is -2.28. The molecule has 3 aromatic heterocycles. The third-order valence-electron chi connectivity index (χ3n) is 7.50. The van der Waals surface area contributed by atoms with Crippen molar-refractivity contribution in [3.05, 3.63) is 35.9 Å². The number of carbonyl (C=O) groups excluding carboxylic acids is 1. The lowest BCUT2D eigenvalue weighted by molar-refractivity contribution is 0.102. The molecule has 6 nitrogen and oxygen atoms in total. The van der Waals surface area contributed by atoms with Crippen LogP contribution in [0, 0.1) is 11.8 Å². The van der Waals surface area contributed by atoms with Crippen molar-refractivity contribution in [2.45, 2.75) is 71.3 Å². The van der Waals surface area contributed by atoms with Gasteiger partial charge in [-0.05, 0) is 68.9 Å². The zero-order chi connectivity index (χ0) is 23.8. The molecule has 4 heterocycles. The highest BCUT2D eigenvalue weighted by Crippen LogP contribution is 2.37. The van der Waals surface area contributed by atoms with Gasteiger partial charge in [0.1, 0.15) is 15.5 Å². The minimum Gasteiger partial charge on any atom is -0.362 e. The molecule has 0 unspecified atom stereocenters. The number of piperidine rings is 1. The van der Waals surface area contributed by atoms with Crippen LogP contribution in [-0.4, -0.2) is 33.2 Å². The first kappa shape index (κ1) is 23.3. The largest absolute Gasteiger partial charge is 0.362 e. The predicted molar refractivity (Wildman–Crippen MR) is 132 cm³/mol. The summed E-state index contributed by atoms with van der Waals surface area (Å²) in [4.78, 5) is 16.5. The minimum absolute atomic E-state index is 0.0992. The summed E-state index contributed by atoms with van der Waals surface area (Å²) in [5.41, 5.74) is 0.193. The maximum absolute atomic E-state index is 13.8. The van der Waals surface area contributed by atoms with Gasteiger partial charge in [0.25, 0.3) is 12.3 Å². The van der Waals surface area contributed by atoms with E-state index in [9.17, 15) is 13.6 Å². The van der Waals surface area contributed by atoms with Crippen molar-refractivity contribution in [3.8, 4) is 0 Å². The molecule has 5 rings (SSSR count). The van der Waals surface area contributed by atoms with Gasteiger partial charge in [-0.3, -0.25) is 9.48 Å². The number of rotatable bonds is 6. The highest BCUT2D eigenvalue weighted by Gasteiger charge is 2.28. The third-order valence-corrected chi connectivity index (χ3v) is 8.62. The molecule has 0 aromatic carbocycles. The van der Waals surface area contributed by atoms with E-state index in [4.69, 9.17) is 0 Å². The molecule has 1 saturated carbocycles. The number of thiazole rings is 1. The second-order valence-corrected chi connectivity index (χ2v) is 11.1. The van der Waals surface area contributed by atoms with E-state index in [1.165, 1.54) is 19.3 Å². The first-order valence-corrected chi connectivity index (χ1v) is 13.3. The summed E-state index contributed by atoms with van der Waals surface area (Å²) in [6.45, 7) is 6.54. The number of hydrogen-bond donors (Lipinski definition) is 1. The molecule has 1 aliphatic heterocycles. The van der Waals surface area contributed by atoms with Crippen LogP contribution in [0.25, 0.3) is 4.83 Å². The van der Waals surface area contributed by atoms with Gasteiger partial charge in [-0.15, -0.1) is 0 Å². The normalized spacial score (nSPS) is 21.6. The molecule has 1 N–H and O–H groups in total. The van der Waals surface area contributed by atoms with Gasteiger partial charge in [0, 0.05) is 25.5 Å². The molecule has 0 bridgehead atoms. The summed E-state index contributed by atoms with van der Waals surface area (Å²) < 4.78 is 31.1. The van der Waals surface area contributed by atoms with Crippen molar-refractivity contribution in [1.82, 2.24) is 14.2 Å². The Morgan fingerprint density at radius 1 is 1.09 bits per heavy atom. The molecule has 0 spiro atoms. The molecule has 2 aliphatic rings. The van der Waals surface area contributed by atoms with Crippen molar-refractivity contribution in [2.75, 3.05) is 23.3 Å². The van der Waals surface area contributed by atoms with Crippen LogP contribution < -0.4 is 10.2 Å². The number of aromatic nitrogens is 3. The van der Waals surface area contributed by atoms with E-state index in [1.54, 1.807) is 28.3 Å². The molecule has 1 aliphatic carbocycles. The predicted octanol–water partition coefficient (Wildman–Crippen LogP) is 6.76. The number of nitrogens with one attached hydrogen (secondary N) is 1. The molecule has 3 aromatic rings.